The van der Waals surface area contributed by atoms with Gasteiger partial charge in [-0.1, -0.05) is 50.7 Å². The molecule has 2 saturated heterocycles. The molecule has 0 aromatic carbocycles. The molecule has 0 aromatic rings. The zero-order valence-corrected chi connectivity index (χ0v) is 28.5. The number of rotatable bonds is 24. The fourth-order valence-electron chi connectivity index (χ4n) is 5.92. The van der Waals surface area contributed by atoms with E-state index in [9.17, 15) is 40.2 Å². The number of carbonyl (C=O) groups is 2. The summed E-state index contributed by atoms with van der Waals surface area (Å²) in [5.41, 5.74) is 0. The number of esters is 1. The molecule has 1 unspecified atom stereocenters. The maximum Gasteiger partial charge on any atom is 0.303 e. The summed E-state index contributed by atoms with van der Waals surface area (Å²) < 4.78 is 28.2. The summed E-state index contributed by atoms with van der Waals surface area (Å²) in [6, 6.07) is 0. The molecule has 7 N–H and O–H groups in total. The number of hydrogen-bond acceptors (Lipinski definition) is 13. The number of ether oxygens (including phenoxy) is 5. The summed E-state index contributed by atoms with van der Waals surface area (Å²) >= 11 is 0. The average molecular weight is 693 g/mol. The largest absolute Gasteiger partial charge is 0.481 e. The number of carboxylic acid groups (broad SMARTS) is 1. The lowest BCUT2D eigenvalue weighted by Gasteiger charge is -2.43. The lowest BCUT2D eigenvalue weighted by molar-refractivity contribution is -0.304. The van der Waals surface area contributed by atoms with E-state index in [2.05, 4.69) is 12.2 Å². The summed E-state index contributed by atoms with van der Waals surface area (Å²) in [5.74, 6) is -2.17. The van der Waals surface area contributed by atoms with Gasteiger partial charge in [0.25, 0.3) is 0 Å². The van der Waals surface area contributed by atoms with E-state index in [-0.39, 0.29) is 32.3 Å². The highest BCUT2D eigenvalue weighted by atomic mass is 16.7. The lowest BCUT2D eigenvalue weighted by Crippen LogP contribution is -2.60. The van der Waals surface area contributed by atoms with Crippen molar-refractivity contribution in [3.05, 3.63) is 12.2 Å². The fourth-order valence-corrected chi connectivity index (χ4v) is 5.92. The average Bonchev–Trinajstić information content (AvgIpc) is 3.04. The molecule has 0 radical (unpaired) electrons. The van der Waals surface area contributed by atoms with Gasteiger partial charge < -0.3 is 59.4 Å². The van der Waals surface area contributed by atoms with Crippen molar-refractivity contribution in [1.82, 2.24) is 0 Å². The Morgan fingerprint density at radius 2 is 1.27 bits per heavy atom. The third-order valence-corrected chi connectivity index (χ3v) is 8.89. The van der Waals surface area contributed by atoms with Crippen LogP contribution in [0.1, 0.15) is 97.3 Å². The van der Waals surface area contributed by atoms with E-state index >= 15 is 0 Å². The Hall–Kier alpha value is -1.72. The highest BCUT2D eigenvalue weighted by molar-refractivity contribution is 5.66. The van der Waals surface area contributed by atoms with Crippen LogP contribution >= 0.6 is 0 Å². The predicted molar refractivity (Wildman–Crippen MR) is 173 cm³/mol. The molecule has 0 saturated carbocycles. The van der Waals surface area contributed by atoms with Crippen molar-refractivity contribution < 1.29 is 69.0 Å². The smallest absolute Gasteiger partial charge is 0.303 e. The zero-order chi connectivity index (χ0) is 35.5. The van der Waals surface area contributed by atoms with Crippen LogP contribution in [-0.2, 0) is 33.3 Å². The molecular weight excluding hydrogens is 632 g/mol. The first-order valence-corrected chi connectivity index (χ1v) is 17.5. The zero-order valence-electron chi connectivity index (χ0n) is 28.5. The number of allylic oxidation sites excluding steroid dienone is 2. The van der Waals surface area contributed by atoms with E-state index < -0.39 is 79.6 Å². The Kier molecular flexibility index (Phi) is 20.9. The maximum atomic E-state index is 11.2. The van der Waals surface area contributed by atoms with Gasteiger partial charge in [0, 0.05) is 13.3 Å². The molecule has 14 heteroatoms. The van der Waals surface area contributed by atoms with Crippen LogP contribution in [0.5, 0.6) is 0 Å². The maximum absolute atomic E-state index is 11.2. The lowest BCUT2D eigenvalue weighted by atomic mass is 9.91. The van der Waals surface area contributed by atoms with Crippen molar-refractivity contribution in [2.24, 2.45) is 5.92 Å². The first-order valence-electron chi connectivity index (χ1n) is 17.5. The quantitative estimate of drug-likeness (QED) is 0.0434. The van der Waals surface area contributed by atoms with Gasteiger partial charge in [-0.15, -0.1) is 0 Å². The molecule has 2 fully saturated rings. The molecule has 2 aliphatic rings. The predicted octanol–water partition coefficient (Wildman–Crippen LogP) is 1.59. The van der Waals surface area contributed by atoms with Gasteiger partial charge in [0.2, 0.25) is 0 Å². The Balaban J connectivity index is 1.72. The van der Waals surface area contributed by atoms with Crippen LogP contribution in [0.3, 0.4) is 0 Å². The first-order chi connectivity index (χ1) is 23.0. The van der Waals surface area contributed by atoms with Gasteiger partial charge in [0.1, 0.15) is 49.3 Å². The van der Waals surface area contributed by atoms with Gasteiger partial charge in [0.05, 0.1) is 37.9 Å². The second-order valence-electron chi connectivity index (χ2n) is 13.0. The SMILES string of the molecule is CC(=O)OC[C@H]1O[C@@H](COC[C@H]2[C@H](OC(C)CCCCCC/C=C/CCCCCCCC(=O)O)O[C@H](CO)[C@@H](O)[C@@H]2O)[C@H](O)[C@@H](O)[C@@H]1O. The van der Waals surface area contributed by atoms with Crippen LogP contribution in [0, 0.1) is 5.92 Å². The molecular formula is C34H60O14. The Bertz CT molecular complexity index is 918. The van der Waals surface area contributed by atoms with Gasteiger partial charge >= 0.3 is 11.9 Å². The van der Waals surface area contributed by atoms with Crippen molar-refractivity contribution in [1.29, 1.82) is 0 Å². The minimum Gasteiger partial charge on any atom is -0.481 e. The number of aliphatic hydroxyl groups is 6. The molecule has 0 aromatic heterocycles. The molecule has 0 spiro atoms. The number of carbonyl (C=O) groups excluding carboxylic acids is 1. The molecule has 2 heterocycles. The molecule has 0 bridgehead atoms. The van der Waals surface area contributed by atoms with Crippen molar-refractivity contribution in [2.45, 2.75) is 159 Å². The standard InChI is InChI=1S/C34H60O14/c1-22(16-14-12-10-8-6-4-3-5-7-9-11-13-15-17-28(37)38)46-34-24(29(39)30(40)25(18-35)48-34)19-44-20-26-31(41)33(43)32(42)27(47-26)21-45-23(2)36/h3-4,22,24-27,29-35,39-43H,5-21H2,1-2H3,(H,37,38)/b4-3+/t22?,24-,25-,26+,27-,29-,30-,31+,32-,33-,34-/m1/s1. The minimum absolute atomic E-state index is 0.173. The fraction of sp³-hybridized carbons (Fsp3) is 0.882. The molecule has 48 heavy (non-hydrogen) atoms. The topological polar surface area (TPSA) is 222 Å². The molecule has 11 atom stereocenters. The number of unbranched alkanes of at least 4 members (excludes halogenated alkanes) is 9. The highest BCUT2D eigenvalue weighted by Crippen LogP contribution is 2.30. The van der Waals surface area contributed by atoms with Crippen molar-refractivity contribution in [3.63, 3.8) is 0 Å². The van der Waals surface area contributed by atoms with Crippen molar-refractivity contribution in [3.8, 4) is 0 Å². The third kappa shape index (κ3) is 15.4. The van der Waals surface area contributed by atoms with E-state index in [1.807, 2.05) is 6.92 Å². The van der Waals surface area contributed by atoms with E-state index in [0.717, 1.165) is 77.0 Å². The third-order valence-electron chi connectivity index (χ3n) is 8.89. The molecule has 0 aliphatic carbocycles. The summed E-state index contributed by atoms with van der Waals surface area (Å²) in [7, 11) is 0. The van der Waals surface area contributed by atoms with Crippen LogP contribution in [0.15, 0.2) is 12.2 Å². The summed E-state index contributed by atoms with van der Waals surface area (Å²) in [6.45, 7) is 1.81. The normalized spacial score (nSPS) is 31.6. The molecule has 2 rings (SSSR count). The van der Waals surface area contributed by atoms with E-state index in [1.54, 1.807) is 0 Å². The van der Waals surface area contributed by atoms with Crippen molar-refractivity contribution in [2.75, 3.05) is 26.4 Å². The van der Waals surface area contributed by atoms with Gasteiger partial charge in [-0.25, -0.2) is 0 Å². The minimum atomic E-state index is -1.57. The van der Waals surface area contributed by atoms with Gasteiger partial charge in [-0.3, -0.25) is 9.59 Å². The summed E-state index contributed by atoms with van der Waals surface area (Å²) in [5, 5.41) is 70.5. The van der Waals surface area contributed by atoms with E-state index in [4.69, 9.17) is 28.8 Å². The van der Waals surface area contributed by atoms with Crippen LogP contribution in [-0.4, -0.2) is 135 Å². The van der Waals surface area contributed by atoms with Gasteiger partial charge in [-0.05, 0) is 45.4 Å². The highest BCUT2D eigenvalue weighted by Gasteiger charge is 2.47. The number of aliphatic hydroxyl groups excluding tert-OH is 6. The Morgan fingerprint density at radius 3 is 1.88 bits per heavy atom. The second kappa shape index (κ2) is 23.6. The summed E-state index contributed by atoms with van der Waals surface area (Å²) in [6.07, 6.45) is 4.98. The van der Waals surface area contributed by atoms with Gasteiger partial charge in [-0.2, -0.15) is 0 Å². The Labute approximate surface area is 284 Å². The van der Waals surface area contributed by atoms with E-state index in [0.29, 0.717) is 0 Å². The molecule has 14 nitrogen and oxygen atoms in total. The molecule has 0 amide bonds. The van der Waals surface area contributed by atoms with Crippen LogP contribution < -0.4 is 0 Å². The number of carboxylic acids is 1. The monoisotopic (exact) mass is 692 g/mol. The van der Waals surface area contributed by atoms with Crippen LogP contribution in [0.2, 0.25) is 0 Å². The van der Waals surface area contributed by atoms with Crippen LogP contribution in [0.4, 0.5) is 0 Å². The number of aliphatic carboxylic acids is 1. The Morgan fingerprint density at radius 1 is 0.708 bits per heavy atom. The first kappa shape index (κ1) is 42.4. The van der Waals surface area contributed by atoms with E-state index in [1.165, 1.54) is 6.92 Å². The van der Waals surface area contributed by atoms with Crippen LogP contribution in [0.25, 0.3) is 0 Å². The summed E-state index contributed by atoms with van der Waals surface area (Å²) in [4.78, 5) is 21.7. The number of hydrogen-bond donors (Lipinski definition) is 7. The molecule has 2 aliphatic heterocycles. The molecule has 280 valence electrons. The van der Waals surface area contributed by atoms with Crippen molar-refractivity contribution >= 4 is 11.9 Å². The van der Waals surface area contributed by atoms with Gasteiger partial charge in [0.15, 0.2) is 6.29 Å². The second-order valence-corrected chi connectivity index (χ2v) is 13.0.